The van der Waals surface area contributed by atoms with E-state index < -0.39 is 0 Å². The predicted molar refractivity (Wildman–Crippen MR) is 169 cm³/mol. The summed E-state index contributed by atoms with van der Waals surface area (Å²) in [7, 11) is 1.95. The number of nitrogens with one attached hydrogen (secondary N) is 1. The molecule has 5 rings (SSSR count). The van der Waals surface area contributed by atoms with Gasteiger partial charge in [-0.2, -0.15) is 5.10 Å². The summed E-state index contributed by atoms with van der Waals surface area (Å²) in [5.74, 6) is 2.65. The monoisotopic (exact) mass is 576 g/mol. The van der Waals surface area contributed by atoms with Crippen LogP contribution in [-0.4, -0.2) is 64.2 Å². The van der Waals surface area contributed by atoms with Gasteiger partial charge in [-0.05, 0) is 68.3 Å². The smallest absolute Gasteiger partial charge is 0.246 e. The number of rotatable bonds is 10. The van der Waals surface area contributed by atoms with E-state index in [9.17, 15) is 4.79 Å². The lowest BCUT2D eigenvalue weighted by Crippen LogP contribution is -2.46. The molecule has 0 spiro atoms. The molecule has 4 aromatic rings. The Morgan fingerprint density at radius 3 is 2.58 bits per heavy atom. The van der Waals surface area contributed by atoms with Crippen LogP contribution >= 0.6 is 0 Å². The number of likely N-dealkylation sites (tertiary alicyclic amines) is 1. The van der Waals surface area contributed by atoms with E-state index in [4.69, 9.17) is 15.6 Å². The molecule has 2 aromatic heterocycles. The number of aromatic nitrogens is 3. The minimum atomic E-state index is -0.0239. The third-order valence-electron chi connectivity index (χ3n) is 7.18. The van der Waals surface area contributed by atoms with E-state index in [-0.39, 0.29) is 11.9 Å². The van der Waals surface area contributed by atoms with Gasteiger partial charge in [0, 0.05) is 44.5 Å². The van der Waals surface area contributed by atoms with Crippen molar-refractivity contribution in [2.75, 3.05) is 37.3 Å². The fraction of sp³-hybridized carbons (Fsp3) is 0.242. The van der Waals surface area contributed by atoms with E-state index in [2.05, 4.69) is 20.4 Å². The number of nitrogens with two attached hydrogens (primary N) is 1. The molecule has 3 N–H and O–H groups in total. The lowest BCUT2D eigenvalue weighted by atomic mass is 10.0. The number of aryl methyl sites for hydroxylation is 1. The van der Waals surface area contributed by atoms with Crippen LogP contribution in [0.3, 0.4) is 0 Å². The third kappa shape index (κ3) is 7.73. The van der Waals surface area contributed by atoms with Gasteiger partial charge in [0.15, 0.2) is 0 Å². The van der Waals surface area contributed by atoms with Gasteiger partial charge in [0.2, 0.25) is 5.91 Å². The van der Waals surface area contributed by atoms with Crippen LogP contribution in [0.4, 0.5) is 11.6 Å². The first kappa shape index (κ1) is 29.2. The first-order chi connectivity index (χ1) is 21.0. The highest BCUT2D eigenvalue weighted by atomic mass is 16.5. The number of carbonyl (C=O) groups excluding carboxylic acids is 1. The number of pyridine rings is 1. The Bertz CT molecular complexity index is 1540. The minimum Gasteiger partial charge on any atom is -0.457 e. The summed E-state index contributed by atoms with van der Waals surface area (Å²) in [6, 6.07) is 23.0. The van der Waals surface area contributed by atoms with Crippen LogP contribution in [0.15, 0.2) is 103 Å². The van der Waals surface area contributed by atoms with Crippen molar-refractivity contribution in [3.05, 3.63) is 114 Å². The van der Waals surface area contributed by atoms with Crippen molar-refractivity contribution in [1.82, 2.24) is 25.3 Å². The first-order valence-electron chi connectivity index (χ1n) is 14.3. The van der Waals surface area contributed by atoms with Gasteiger partial charge in [-0.1, -0.05) is 30.3 Å². The summed E-state index contributed by atoms with van der Waals surface area (Å²) < 4.78 is 5.97. The van der Waals surface area contributed by atoms with Crippen LogP contribution in [0.25, 0.3) is 0 Å². The maximum Gasteiger partial charge on any atom is 0.246 e. The van der Waals surface area contributed by atoms with Gasteiger partial charge in [-0.25, -0.2) is 15.0 Å². The summed E-state index contributed by atoms with van der Waals surface area (Å²) in [6.45, 7) is 3.71. The quantitative estimate of drug-likeness (QED) is 0.160. The van der Waals surface area contributed by atoms with Crippen molar-refractivity contribution in [2.24, 2.45) is 5.10 Å². The number of amides is 1. The van der Waals surface area contributed by atoms with Crippen molar-refractivity contribution >= 4 is 23.3 Å². The van der Waals surface area contributed by atoms with Crippen molar-refractivity contribution in [1.29, 1.82) is 0 Å². The molecule has 2 aromatic carbocycles. The molecule has 1 saturated heterocycles. The highest BCUT2D eigenvalue weighted by Crippen LogP contribution is 2.24. The number of hydrazone groups is 1. The van der Waals surface area contributed by atoms with Crippen LogP contribution in [0, 0.1) is 6.92 Å². The van der Waals surface area contributed by atoms with Gasteiger partial charge < -0.3 is 25.7 Å². The molecular weight excluding hydrogens is 540 g/mol. The number of piperidine rings is 1. The highest BCUT2D eigenvalue weighted by molar-refractivity contribution is 6.15. The van der Waals surface area contributed by atoms with Gasteiger partial charge >= 0.3 is 0 Å². The lowest BCUT2D eigenvalue weighted by molar-refractivity contribution is -0.127. The van der Waals surface area contributed by atoms with Crippen molar-refractivity contribution in [3.63, 3.8) is 0 Å². The van der Waals surface area contributed by atoms with Crippen LogP contribution < -0.4 is 20.8 Å². The maximum absolute atomic E-state index is 13.0. The molecule has 1 amide bonds. The zero-order chi connectivity index (χ0) is 30.0. The van der Waals surface area contributed by atoms with Crippen LogP contribution in [0.2, 0.25) is 0 Å². The molecule has 1 fully saturated rings. The molecule has 10 nitrogen and oxygen atoms in total. The second-order valence-corrected chi connectivity index (χ2v) is 10.3. The topological polar surface area (TPSA) is 122 Å². The van der Waals surface area contributed by atoms with Crippen LogP contribution in [0.5, 0.6) is 11.5 Å². The summed E-state index contributed by atoms with van der Waals surface area (Å²) in [4.78, 5) is 29.7. The normalized spacial score (nSPS) is 15.3. The number of carbonyl (C=O) groups is 1. The van der Waals surface area contributed by atoms with Crippen LogP contribution in [0.1, 0.15) is 29.7 Å². The predicted octanol–water partition coefficient (Wildman–Crippen LogP) is 4.58. The molecule has 1 aliphatic rings. The standard InChI is InChI=1S/C33H36N8O2/c1-24-31(33(34)37-23-36-24)32(25-15-17-28(18-16-25)43-27-11-4-3-5-12-27)39-38-26-10-8-21-41(22-26)30(42)14-9-20-40(2)29-13-6-7-19-35-29/h3-7,9,11-19,23,26,38H,8,10,20-22H2,1-2H3,(H2,34,36,37)/b14-9+,39-32-/t26-/m1/s1. The lowest BCUT2D eigenvalue weighted by Gasteiger charge is -2.32. The Morgan fingerprint density at radius 2 is 1.84 bits per heavy atom. The zero-order valence-corrected chi connectivity index (χ0v) is 24.4. The summed E-state index contributed by atoms with van der Waals surface area (Å²) in [5.41, 5.74) is 12.5. The second kappa shape index (κ2) is 14.1. The van der Waals surface area contributed by atoms with Gasteiger partial charge in [0.05, 0.1) is 17.3 Å². The average Bonchev–Trinajstić information content (AvgIpc) is 3.04. The number of hydrogen-bond acceptors (Lipinski definition) is 9. The molecule has 0 radical (unpaired) electrons. The Morgan fingerprint density at radius 1 is 1.07 bits per heavy atom. The number of nitrogens with zero attached hydrogens (tertiary/aromatic N) is 6. The Labute approximate surface area is 251 Å². The van der Waals surface area contributed by atoms with E-state index in [0.29, 0.717) is 42.5 Å². The number of likely N-dealkylation sites (N-methyl/N-ethyl adjacent to an activating group) is 1. The Kier molecular flexibility index (Phi) is 9.58. The molecule has 1 atom stereocenters. The molecule has 0 unspecified atom stereocenters. The van der Waals surface area contributed by atoms with Crippen molar-refractivity contribution < 1.29 is 9.53 Å². The van der Waals surface area contributed by atoms with E-state index in [1.807, 2.05) is 103 Å². The average molecular weight is 577 g/mol. The number of hydrogen-bond donors (Lipinski definition) is 2. The largest absolute Gasteiger partial charge is 0.457 e. The Hall–Kier alpha value is -5.25. The summed E-state index contributed by atoms with van der Waals surface area (Å²) in [5, 5.41) is 4.83. The fourth-order valence-corrected chi connectivity index (χ4v) is 4.88. The minimum absolute atomic E-state index is 0.0179. The number of ether oxygens (including phenoxy) is 1. The van der Waals surface area contributed by atoms with E-state index in [1.54, 1.807) is 12.3 Å². The highest BCUT2D eigenvalue weighted by Gasteiger charge is 2.23. The Balaban J connectivity index is 1.28. The number of para-hydroxylation sites is 1. The molecular formula is C33H36N8O2. The number of benzene rings is 2. The molecule has 0 aliphatic carbocycles. The molecule has 10 heteroatoms. The molecule has 0 bridgehead atoms. The van der Waals surface area contributed by atoms with E-state index >= 15 is 0 Å². The zero-order valence-electron chi connectivity index (χ0n) is 24.4. The van der Waals surface area contributed by atoms with Crippen LogP contribution in [-0.2, 0) is 4.79 Å². The molecule has 3 heterocycles. The molecule has 43 heavy (non-hydrogen) atoms. The van der Waals surface area contributed by atoms with Gasteiger partial charge in [-0.15, -0.1) is 0 Å². The van der Waals surface area contributed by atoms with E-state index in [0.717, 1.165) is 35.7 Å². The van der Waals surface area contributed by atoms with Gasteiger partial charge in [-0.3, -0.25) is 4.79 Å². The third-order valence-corrected chi connectivity index (χ3v) is 7.18. The van der Waals surface area contributed by atoms with E-state index in [1.165, 1.54) is 6.33 Å². The van der Waals surface area contributed by atoms with Crippen molar-refractivity contribution in [3.8, 4) is 11.5 Å². The fourth-order valence-electron chi connectivity index (χ4n) is 4.88. The summed E-state index contributed by atoms with van der Waals surface area (Å²) in [6.07, 6.45) is 8.47. The number of nitrogen functional groups attached to an aromatic ring is 1. The molecule has 0 saturated carbocycles. The van der Waals surface area contributed by atoms with Gasteiger partial charge in [0.25, 0.3) is 0 Å². The maximum atomic E-state index is 13.0. The first-order valence-corrected chi connectivity index (χ1v) is 14.3. The van der Waals surface area contributed by atoms with Crippen molar-refractivity contribution in [2.45, 2.75) is 25.8 Å². The number of anilines is 2. The molecule has 1 aliphatic heterocycles. The SMILES string of the molecule is Cc1ncnc(N)c1/C(=N\N[C@@H]1CCCN(C(=O)/C=C/CN(C)c2ccccn2)C1)c1ccc(Oc2ccccc2)cc1. The second-order valence-electron chi connectivity index (χ2n) is 10.3. The molecule has 220 valence electrons. The summed E-state index contributed by atoms with van der Waals surface area (Å²) >= 11 is 0. The van der Waals surface area contributed by atoms with Gasteiger partial charge in [0.1, 0.15) is 35.2 Å².